The number of carbonyl (C=O) groups is 1. The van der Waals surface area contributed by atoms with Crippen LogP contribution in [0, 0.1) is 0 Å². The number of benzene rings is 1. The van der Waals surface area contributed by atoms with Crippen LogP contribution < -0.4 is 10.6 Å². The van der Waals surface area contributed by atoms with Gasteiger partial charge >= 0.3 is 5.69 Å². The van der Waals surface area contributed by atoms with Crippen molar-refractivity contribution in [1.29, 1.82) is 0 Å². The van der Waals surface area contributed by atoms with Crippen molar-refractivity contribution in [1.82, 2.24) is 14.3 Å². The molecule has 0 radical (unpaired) electrons. The zero-order valence-electron chi connectivity index (χ0n) is 12.6. The second-order valence-electron chi connectivity index (χ2n) is 4.97. The van der Waals surface area contributed by atoms with Crippen LogP contribution in [0.25, 0.3) is 0 Å². The van der Waals surface area contributed by atoms with Crippen LogP contribution >= 0.6 is 0 Å². The van der Waals surface area contributed by atoms with E-state index in [1.807, 2.05) is 24.3 Å². The predicted octanol–water partition coefficient (Wildman–Crippen LogP) is 1.20. The van der Waals surface area contributed by atoms with Crippen molar-refractivity contribution in [3.63, 3.8) is 0 Å². The lowest BCUT2D eigenvalue weighted by Gasteiger charge is -2.18. The molecule has 1 aromatic carbocycles. The summed E-state index contributed by atoms with van der Waals surface area (Å²) in [7, 11) is 3.38. The average Bonchev–Trinajstić information content (AvgIpc) is 2.83. The topological polar surface area (TPSA) is 60.1 Å². The second-order valence-corrected chi connectivity index (χ2v) is 4.97. The number of amides is 1. The highest BCUT2D eigenvalue weighted by atomic mass is 16.2. The number of aromatic nitrogens is 3. The fourth-order valence-electron chi connectivity index (χ4n) is 2.07. The van der Waals surface area contributed by atoms with Gasteiger partial charge in [0.2, 0.25) is 5.91 Å². The molecule has 0 bridgehead atoms. The molecule has 0 aliphatic rings. The van der Waals surface area contributed by atoms with Gasteiger partial charge in [-0.05, 0) is 24.1 Å². The summed E-state index contributed by atoms with van der Waals surface area (Å²) in [5.74, 6) is -0.0409. The van der Waals surface area contributed by atoms with Gasteiger partial charge in [-0.2, -0.15) is 5.10 Å². The summed E-state index contributed by atoms with van der Waals surface area (Å²) in [5.41, 5.74) is 1.85. The quantitative estimate of drug-likeness (QED) is 0.830. The van der Waals surface area contributed by atoms with Gasteiger partial charge in [-0.1, -0.05) is 19.1 Å². The van der Waals surface area contributed by atoms with E-state index in [0.717, 1.165) is 12.1 Å². The third kappa shape index (κ3) is 3.39. The zero-order chi connectivity index (χ0) is 15.4. The van der Waals surface area contributed by atoms with E-state index in [2.05, 4.69) is 12.0 Å². The number of aryl methyl sites for hydroxylation is 3. The summed E-state index contributed by atoms with van der Waals surface area (Å²) in [6.07, 6.45) is 2.62. The number of anilines is 1. The van der Waals surface area contributed by atoms with Gasteiger partial charge < -0.3 is 4.90 Å². The molecule has 0 atom stereocenters. The molecule has 0 saturated heterocycles. The van der Waals surface area contributed by atoms with Gasteiger partial charge in [0.05, 0.1) is 6.54 Å². The van der Waals surface area contributed by atoms with Gasteiger partial charge in [-0.15, -0.1) is 0 Å². The fourth-order valence-corrected chi connectivity index (χ4v) is 2.07. The standard InChI is InChI=1S/C15H20N4O2/c1-4-12-6-5-7-13(10-12)18(3)14(20)8-9-19-15(21)17(2)11-16-19/h5-7,10-11H,4,8-9H2,1-3H3. The van der Waals surface area contributed by atoms with Crippen molar-refractivity contribution in [2.24, 2.45) is 7.05 Å². The van der Waals surface area contributed by atoms with Crippen molar-refractivity contribution in [3.05, 3.63) is 46.6 Å². The molecule has 1 aromatic heterocycles. The number of hydrogen-bond acceptors (Lipinski definition) is 3. The molecule has 6 heteroatoms. The molecule has 0 saturated carbocycles. The average molecular weight is 288 g/mol. The van der Waals surface area contributed by atoms with Crippen LogP contribution in [0.4, 0.5) is 5.69 Å². The maximum absolute atomic E-state index is 12.2. The molecule has 2 aromatic rings. The Hall–Kier alpha value is -2.37. The monoisotopic (exact) mass is 288 g/mol. The molecule has 0 spiro atoms. The first kappa shape index (κ1) is 15.0. The Labute approximate surface area is 123 Å². The highest BCUT2D eigenvalue weighted by Crippen LogP contribution is 2.16. The van der Waals surface area contributed by atoms with E-state index >= 15 is 0 Å². The van der Waals surface area contributed by atoms with E-state index in [-0.39, 0.29) is 24.6 Å². The first-order valence-electron chi connectivity index (χ1n) is 6.97. The first-order valence-corrected chi connectivity index (χ1v) is 6.97. The van der Waals surface area contributed by atoms with E-state index in [1.165, 1.54) is 21.1 Å². The van der Waals surface area contributed by atoms with Crippen molar-refractivity contribution >= 4 is 11.6 Å². The normalized spacial score (nSPS) is 10.6. The Kier molecular flexibility index (Phi) is 4.57. The molecular formula is C15H20N4O2. The summed E-state index contributed by atoms with van der Waals surface area (Å²) < 4.78 is 2.69. The van der Waals surface area contributed by atoms with Crippen molar-refractivity contribution in [3.8, 4) is 0 Å². The van der Waals surface area contributed by atoms with Gasteiger partial charge in [0.1, 0.15) is 6.33 Å². The summed E-state index contributed by atoms with van der Waals surface area (Å²) in [6.45, 7) is 2.37. The van der Waals surface area contributed by atoms with Gasteiger partial charge in [0, 0.05) is 26.2 Å². The first-order chi connectivity index (χ1) is 10.0. The van der Waals surface area contributed by atoms with Crippen LogP contribution in [0.2, 0.25) is 0 Å². The second kappa shape index (κ2) is 6.39. The lowest BCUT2D eigenvalue weighted by atomic mass is 10.1. The van der Waals surface area contributed by atoms with Crippen molar-refractivity contribution < 1.29 is 4.79 Å². The van der Waals surface area contributed by atoms with E-state index < -0.39 is 0 Å². The zero-order valence-corrected chi connectivity index (χ0v) is 12.6. The number of hydrogen-bond donors (Lipinski definition) is 0. The van der Waals surface area contributed by atoms with Crippen LogP contribution in [0.3, 0.4) is 0 Å². The minimum Gasteiger partial charge on any atom is -0.315 e. The number of carbonyl (C=O) groups excluding carboxylic acids is 1. The third-order valence-corrected chi connectivity index (χ3v) is 3.50. The highest BCUT2D eigenvalue weighted by Gasteiger charge is 2.12. The van der Waals surface area contributed by atoms with Crippen LogP contribution in [0.1, 0.15) is 18.9 Å². The number of nitrogens with zero attached hydrogens (tertiary/aromatic N) is 4. The Morgan fingerprint density at radius 2 is 2.14 bits per heavy atom. The van der Waals surface area contributed by atoms with Gasteiger partial charge in [0.15, 0.2) is 0 Å². The van der Waals surface area contributed by atoms with Crippen LogP contribution in [-0.2, 0) is 24.8 Å². The Morgan fingerprint density at radius 3 is 2.76 bits per heavy atom. The molecule has 0 aliphatic heterocycles. The highest BCUT2D eigenvalue weighted by molar-refractivity contribution is 5.92. The van der Waals surface area contributed by atoms with Crippen molar-refractivity contribution in [2.45, 2.75) is 26.3 Å². The van der Waals surface area contributed by atoms with Crippen LogP contribution in [0.15, 0.2) is 35.4 Å². The minimum absolute atomic E-state index is 0.0409. The van der Waals surface area contributed by atoms with E-state index in [1.54, 1.807) is 19.0 Å². The SMILES string of the molecule is CCc1cccc(N(C)C(=O)CCn2ncn(C)c2=O)c1. The van der Waals surface area contributed by atoms with Gasteiger partial charge in [0.25, 0.3) is 0 Å². The summed E-state index contributed by atoms with van der Waals surface area (Å²) in [6, 6.07) is 7.89. The maximum Gasteiger partial charge on any atom is 0.345 e. The van der Waals surface area contributed by atoms with Crippen LogP contribution in [-0.4, -0.2) is 27.3 Å². The van der Waals surface area contributed by atoms with E-state index in [9.17, 15) is 9.59 Å². The third-order valence-electron chi connectivity index (χ3n) is 3.50. The van der Waals surface area contributed by atoms with Crippen molar-refractivity contribution in [2.75, 3.05) is 11.9 Å². The summed E-state index contributed by atoms with van der Waals surface area (Å²) in [4.78, 5) is 25.5. The van der Waals surface area contributed by atoms with E-state index in [4.69, 9.17) is 0 Å². The van der Waals surface area contributed by atoms with E-state index in [0.29, 0.717) is 0 Å². The predicted molar refractivity (Wildman–Crippen MR) is 81.3 cm³/mol. The fraction of sp³-hybridized carbons (Fsp3) is 0.400. The van der Waals surface area contributed by atoms with Gasteiger partial charge in [-0.3, -0.25) is 9.36 Å². The minimum atomic E-state index is -0.210. The molecule has 0 unspecified atom stereocenters. The summed E-state index contributed by atoms with van der Waals surface area (Å²) >= 11 is 0. The molecule has 2 rings (SSSR count). The molecule has 6 nitrogen and oxygen atoms in total. The Balaban J connectivity index is 2.02. The molecule has 112 valence electrons. The number of rotatable bonds is 5. The molecule has 0 N–H and O–H groups in total. The lowest BCUT2D eigenvalue weighted by Crippen LogP contribution is -2.30. The molecule has 0 aliphatic carbocycles. The molecule has 1 heterocycles. The Morgan fingerprint density at radius 1 is 1.38 bits per heavy atom. The molecular weight excluding hydrogens is 268 g/mol. The maximum atomic E-state index is 12.2. The largest absolute Gasteiger partial charge is 0.345 e. The summed E-state index contributed by atoms with van der Waals surface area (Å²) in [5, 5.41) is 3.94. The molecule has 0 fully saturated rings. The van der Waals surface area contributed by atoms with Gasteiger partial charge in [-0.25, -0.2) is 9.48 Å². The molecule has 21 heavy (non-hydrogen) atoms. The molecule has 1 amide bonds. The smallest absolute Gasteiger partial charge is 0.315 e. The Bertz CT molecular complexity index is 687. The lowest BCUT2D eigenvalue weighted by molar-refractivity contribution is -0.118. The van der Waals surface area contributed by atoms with Crippen LogP contribution in [0.5, 0.6) is 0 Å².